The van der Waals surface area contributed by atoms with Gasteiger partial charge in [0.15, 0.2) is 0 Å². The Morgan fingerprint density at radius 1 is 1.04 bits per heavy atom. The Kier molecular flexibility index (Phi) is 6.17. The number of para-hydroxylation sites is 1. The van der Waals surface area contributed by atoms with E-state index in [-0.39, 0.29) is 5.91 Å². The van der Waals surface area contributed by atoms with Crippen molar-refractivity contribution in [3.63, 3.8) is 0 Å². The first-order valence-corrected chi connectivity index (χ1v) is 9.13. The number of rotatable bonds is 8. The number of hydrogen-bond donors (Lipinski definition) is 1. The lowest BCUT2D eigenvalue weighted by Gasteiger charge is -2.06. The van der Waals surface area contributed by atoms with Gasteiger partial charge in [-0.05, 0) is 18.6 Å². The molecule has 25 heavy (non-hydrogen) atoms. The number of ether oxygens (including phenoxy) is 1. The number of carbonyl (C=O) groups excluding carboxylic acids is 1. The lowest BCUT2D eigenvalue weighted by atomic mass is 10.2. The summed E-state index contributed by atoms with van der Waals surface area (Å²) in [7, 11) is 0. The molecule has 1 aromatic heterocycles. The van der Waals surface area contributed by atoms with Gasteiger partial charge in [-0.3, -0.25) is 4.79 Å². The summed E-state index contributed by atoms with van der Waals surface area (Å²) in [5.41, 5.74) is 1.89. The Morgan fingerprint density at radius 3 is 2.52 bits per heavy atom. The van der Waals surface area contributed by atoms with Gasteiger partial charge in [0.25, 0.3) is 0 Å². The van der Waals surface area contributed by atoms with Gasteiger partial charge in [0.1, 0.15) is 10.8 Å². The van der Waals surface area contributed by atoms with E-state index in [1.807, 2.05) is 66.0 Å². The van der Waals surface area contributed by atoms with Crippen LogP contribution < -0.4 is 10.1 Å². The summed E-state index contributed by atoms with van der Waals surface area (Å²) in [6.45, 7) is 1.18. The summed E-state index contributed by atoms with van der Waals surface area (Å²) in [5, 5.41) is 5.80. The highest BCUT2D eigenvalue weighted by Crippen LogP contribution is 2.23. The van der Waals surface area contributed by atoms with Crippen molar-refractivity contribution in [1.82, 2.24) is 10.3 Å². The summed E-state index contributed by atoms with van der Waals surface area (Å²) in [6, 6.07) is 19.7. The molecule has 0 bridgehead atoms. The van der Waals surface area contributed by atoms with Crippen LogP contribution in [-0.2, 0) is 11.2 Å². The predicted octanol–water partition coefficient (Wildman–Crippen LogP) is 3.94. The van der Waals surface area contributed by atoms with Crippen LogP contribution in [0.3, 0.4) is 0 Å². The molecule has 0 radical (unpaired) electrons. The van der Waals surface area contributed by atoms with E-state index in [0.717, 1.165) is 28.4 Å². The maximum Gasteiger partial charge on any atom is 0.226 e. The minimum atomic E-state index is -0.00961. The van der Waals surface area contributed by atoms with Gasteiger partial charge in [-0.15, -0.1) is 11.3 Å². The number of thiazole rings is 1. The number of nitrogens with zero attached hydrogens (tertiary/aromatic N) is 1. The smallest absolute Gasteiger partial charge is 0.226 e. The van der Waals surface area contributed by atoms with E-state index in [1.54, 1.807) is 11.3 Å². The molecule has 128 valence electrons. The molecule has 0 aliphatic heterocycles. The molecule has 1 heterocycles. The third kappa shape index (κ3) is 5.43. The average Bonchev–Trinajstić information content (AvgIpc) is 3.11. The van der Waals surface area contributed by atoms with Crippen molar-refractivity contribution >= 4 is 17.2 Å². The number of aromatic nitrogens is 1. The third-order valence-electron chi connectivity index (χ3n) is 3.57. The number of benzene rings is 2. The molecule has 0 spiro atoms. The van der Waals surface area contributed by atoms with Gasteiger partial charge in [0.2, 0.25) is 5.91 Å². The Hall–Kier alpha value is -2.66. The molecule has 0 unspecified atom stereocenters. The van der Waals surface area contributed by atoms with Crippen LogP contribution >= 0.6 is 11.3 Å². The number of carbonyl (C=O) groups is 1. The summed E-state index contributed by atoms with van der Waals surface area (Å²) in [4.78, 5) is 16.5. The molecular weight excluding hydrogens is 332 g/mol. The zero-order valence-corrected chi connectivity index (χ0v) is 14.7. The SMILES string of the molecule is O=C(Cc1csc(-c2ccccc2)n1)NCCCOc1ccccc1. The third-order valence-corrected chi connectivity index (χ3v) is 4.51. The maximum absolute atomic E-state index is 12.0. The van der Waals surface area contributed by atoms with Crippen LogP contribution in [0.2, 0.25) is 0 Å². The monoisotopic (exact) mass is 352 g/mol. The highest BCUT2D eigenvalue weighted by molar-refractivity contribution is 7.13. The zero-order valence-electron chi connectivity index (χ0n) is 13.9. The average molecular weight is 352 g/mol. The Labute approximate surface area is 151 Å². The standard InChI is InChI=1S/C20H20N2O2S/c23-19(21-12-7-13-24-18-10-5-2-6-11-18)14-17-15-25-20(22-17)16-8-3-1-4-9-16/h1-6,8-11,15H,7,12-14H2,(H,21,23). The normalized spacial score (nSPS) is 10.4. The molecule has 0 aliphatic rings. The van der Waals surface area contributed by atoms with Crippen LogP contribution in [0, 0.1) is 0 Å². The topological polar surface area (TPSA) is 51.2 Å². The molecule has 5 heteroatoms. The van der Waals surface area contributed by atoms with Crippen molar-refractivity contribution in [3.05, 3.63) is 71.7 Å². The minimum absolute atomic E-state index is 0.00961. The zero-order chi connectivity index (χ0) is 17.3. The van der Waals surface area contributed by atoms with Crippen LogP contribution in [0.15, 0.2) is 66.0 Å². The van der Waals surface area contributed by atoms with Crippen LogP contribution in [0.25, 0.3) is 10.6 Å². The van der Waals surface area contributed by atoms with Gasteiger partial charge >= 0.3 is 0 Å². The minimum Gasteiger partial charge on any atom is -0.494 e. The fourth-order valence-electron chi connectivity index (χ4n) is 2.34. The van der Waals surface area contributed by atoms with Crippen molar-refractivity contribution < 1.29 is 9.53 Å². The van der Waals surface area contributed by atoms with Crippen molar-refractivity contribution in [3.8, 4) is 16.3 Å². The van der Waals surface area contributed by atoms with Crippen LogP contribution in [0.4, 0.5) is 0 Å². The van der Waals surface area contributed by atoms with Gasteiger partial charge in [-0.1, -0.05) is 48.5 Å². The fraction of sp³-hybridized carbons (Fsp3) is 0.200. The second kappa shape index (κ2) is 8.99. The summed E-state index contributed by atoms with van der Waals surface area (Å²) < 4.78 is 5.60. The van der Waals surface area contributed by atoms with E-state index >= 15 is 0 Å². The Morgan fingerprint density at radius 2 is 1.76 bits per heavy atom. The van der Waals surface area contributed by atoms with E-state index in [0.29, 0.717) is 19.6 Å². The van der Waals surface area contributed by atoms with Gasteiger partial charge in [-0.25, -0.2) is 4.98 Å². The molecule has 3 aromatic rings. The second-order valence-corrected chi connectivity index (χ2v) is 6.41. The van der Waals surface area contributed by atoms with Crippen molar-refractivity contribution in [1.29, 1.82) is 0 Å². The first kappa shape index (κ1) is 17.2. The fourth-order valence-corrected chi connectivity index (χ4v) is 3.16. The molecule has 0 fully saturated rings. The van der Waals surface area contributed by atoms with Crippen molar-refractivity contribution in [2.75, 3.05) is 13.2 Å². The van der Waals surface area contributed by atoms with E-state index in [9.17, 15) is 4.79 Å². The first-order valence-electron chi connectivity index (χ1n) is 8.25. The van der Waals surface area contributed by atoms with Crippen LogP contribution in [-0.4, -0.2) is 24.0 Å². The van der Waals surface area contributed by atoms with Gasteiger partial charge < -0.3 is 10.1 Å². The molecule has 0 aliphatic carbocycles. The predicted molar refractivity (Wildman–Crippen MR) is 101 cm³/mol. The molecule has 0 saturated heterocycles. The molecule has 1 amide bonds. The van der Waals surface area contributed by atoms with Crippen LogP contribution in [0.1, 0.15) is 12.1 Å². The van der Waals surface area contributed by atoms with E-state index in [4.69, 9.17) is 4.74 Å². The van der Waals surface area contributed by atoms with Gasteiger partial charge in [-0.2, -0.15) is 0 Å². The summed E-state index contributed by atoms with van der Waals surface area (Å²) >= 11 is 1.56. The Balaban J connectivity index is 1.37. The number of nitrogens with one attached hydrogen (secondary N) is 1. The molecule has 4 nitrogen and oxygen atoms in total. The first-order chi connectivity index (χ1) is 12.3. The number of amides is 1. The highest BCUT2D eigenvalue weighted by Gasteiger charge is 2.08. The van der Waals surface area contributed by atoms with Crippen LogP contribution in [0.5, 0.6) is 5.75 Å². The summed E-state index contributed by atoms with van der Waals surface area (Å²) in [6.07, 6.45) is 1.08. The molecule has 2 aromatic carbocycles. The maximum atomic E-state index is 12.0. The lowest BCUT2D eigenvalue weighted by molar-refractivity contribution is -0.120. The summed E-state index contributed by atoms with van der Waals surface area (Å²) in [5.74, 6) is 0.842. The van der Waals surface area contributed by atoms with Crippen molar-refractivity contribution in [2.45, 2.75) is 12.8 Å². The molecule has 0 atom stereocenters. The van der Waals surface area contributed by atoms with Gasteiger partial charge in [0.05, 0.1) is 18.7 Å². The van der Waals surface area contributed by atoms with E-state index < -0.39 is 0 Å². The van der Waals surface area contributed by atoms with Gasteiger partial charge in [0, 0.05) is 17.5 Å². The largest absolute Gasteiger partial charge is 0.494 e. The lowest BCUT2D eigenvalue weighted by Crippen LogP contribution is -2.27. The molecule has 3 rings (SSSR count). The van der Waals surface area contributed by atoms with E-state index in [2.05, 4.69) is 10.3 Å². The Bertz CT molecular complexity index is 788. The second-order valence-electron chi connectivity index (χ2n) is 5.55. The van der Waals surface area contributed by atoms with Crippen molar-refractivity contribution in [2.24, 2.45) is 0 Å². The molecule has 0 saturated carbocycles. The molecular formula is C20H20N2O2S. The highest BCUT2D eigenvalue weighted by atomic mass is 32.1. The number of hydrogen-bond acceptors (Lipinski definition) is 4. The van der Waals surface area contributed by atoms with E-state index in [1.165, 1.54) is 0 Å². The molecule has 1 N–H and O–H groups in total. The quantitative estimate of drug-likeness (QED) is 0.625.